The van der Waals surface area contributed by atoms with Crippen molar-refractivity contribution in [2.45, 2.75) is 6.61 Å². The number of benzene rings is 1. The lowest BCUT2D eigenvalue weighted by Gasteiger charge is -2.10. The van der Waals surface area contributed by atoms with E-state index in [4.69, 9.17) is 5.11 Å². The number of halogens is 3. The molecule has 3 aromatic rings. The van der Waals surface area contributed by atoms with Crippen molar-refractivity contribution < 1.29 is 13.9 Å². The monoisotopic (exact) mass is 345 g/mol. The van der Waals surface area contributed by atoms with E-state index in [0.717, 1.165) is 0 Å². The van der Waals surface area contributed by atoms with Crippen LogP contribution in [0, 0.1) is 11.6 Å². The van der Waals surface area contributed by atoms with Crippen LogP contribution in [0.3, 0.4) is 0 Å². The Morgan fingerprint density at radius 1 is 1.37 bits per heavy atom. The first-order valence-electron chi connectivity index (χ1n) is 5.25. The highest BCUT2D eigenvalue weighted by Gasteiger charge is 2.21. The van der Waals surface area contributed by atoms with Crippen molar-refractivity contribution in [2.24, 2.45) is 0 Å². The van der Waals surface area contributed by atoms with Gasteiger partial charge in [-0.15, -0.1) is 11.3 Å². The van der Waals surface area contributed by atoms with Crippen LogP contribution in [0.2, 0.25) is 0 Å². The summed E-state index contributed by atoms with van der Waals surface area (Å²) in [5.74, 6) is -2.32. The van der Waals surface area contributed by atoms with E-state index in [1.807, 2.05) is 0 Å². The normalized spacial score (nSPS) is 11.6. The molecule has 3 rings (SSSR count). The molecule has 98 valence electrons. The van der Waals surface area contributed by atoms with Crippen molar-refractivity contribution in [3.05, 3.63) is 43.5 Å². The zero-order chi connectivity index (χ0) is 13.7. The van der Waals surface area contributed by atoms with E-state index in [0.29, 0.717) is 15.5 Å². The maximum absolute atomic E-state index is 14.0. The summed E-state index contributed by atoms with van der Waals surface area (Å²) in [5.41, 5.74) is -0.818. The van der Waals surface area contributed by atoms with Gasteiger partial charge in [-0.05, 0) is 27.4 Å². The third kappa shape index (κ3) is 1.65. The van der Waals surface area contributed by atoms with Gasteiger partial charge in [-0.3, -0.25) is 4.79 Å². The Bertz CT molecular complexity index is 872. The number of aliphatic hydroxyl groups is 1. The molecule has 0 aliphatic heterocycles. The molecule has 2 heterocycles. The largest absolute Gasteiger partial charge is 0.392 e. The Balaban J connectivity index is 2.70. The van der Waals surface area contributed by atoms with Gasteiger partial charge in [0.2, 0.25) is 0 Å². The number of aromatic nitrogens is 1. The van der Waals surface area contributed by atoms with Crippen LogP contribution in [-0.4, -0.2) is 10.1 Å². The summed E-state index contributed by atoms with van der Waals surface area (Å²) in [6, 6.07) is 1.67. The first kappa shape index (κ1) is 12.7. The highest BCUT2D eigenvalue weighted by molar-refractivity contribution is 9.10. The Morgan fingerprint density at radius 3 is 2.79 bits per heavy atom. The van der Waals surface area contributed by atoms with Crippen molar-refractivity contribution in [1.29, 1.82) is 0 Å². The average Bonchev–Trinajstić information content (AvgIpc) is 2.86. The van der Waals surface area contributed by atoms with E-state index in [1.54, 1.807) is 11.4 Å². The maximum Gasteiger partial charge on any atom is 0.266 e. The zero-order valence-corrected chi connectivity index (χ0v) is 11.7. The number of hydrogen-bond donors (Lipinski definition) is 2. The molecule has 0 aliphatic carbocycles. The summed E-state index contributed by atoms with van der Waals surface area (Å²) in [6.45, 7) is -0.635. The third-order valence-electron chi connectivity index (χ3n) is 2.95. The molecule has 0 aliphatic rings. The molecular weight excluding hydrogens is 340 g/mol. The smallest absolute Gasteiger partial charge is 0.266 e. The minimum atomic E-state index is -1.16. The van der Waals surface area contributed by atoms with E-state index in [9.17, 15) is 13.6 Å². The number of hydrogen-bond acceptors (Lipinski definition) is 3. The van der Waals surface area contributed by atoms with E-state index >= 15 is 0 Å². The maximum atomic E-state index is 14.0. The van der Waals surface area contributed by atoms with Crippen molar-refractivity contribution in [3.8, 4) is 0 Å². The van der Waals surface area contributed by atoms with Gasteiger partial charge < -0.3 is 10.1 Å². The average molecular weight is 346 g/mol. The van der Waals surface area contributed by atoms with Crippen LogP contribution in [0.4, 0.5) is 8.78 Å². The van der Waals surface area contributed by atoms with E-state index < -0.39 is 23.8 Å². The predicted octanol–water partition coefficient (Wildman–Crippen LogP) is 3.28. The molecule has 0 atom stereocenters. The van der Waals surface area contributed by atoms with Crippen LogP contribution in [-0.2, 0) is 6.61 Å². The molecule has 3 nitrogen and oxygen atoms in total. The summed E-state index contributed by atoms with van der Waals surface area (Å²) >= 11 is 4.39. The molecule has 1 aromatic carbocycles. The Kier molecular flexibility index (Phi) is 2.92. The summed E-state index contributed by atoms with van der Waals surface area (Å²) in [5, 5.41) is 11.7. The van der Waals surface area contributed by atoms with Gasteiger partial charge in [0.15, 0.2) is 11.6 Å². The minimum Gasteiger partial charge on any atom is -0.392 e. The second kappa shape index (κ2) is 4.36. The fourth-order valence-electron chi connectivity index (χ4n) is 2.07. The van der Waals surface area contributed by atoms with Crippen molar-refractivity contribution >= 4 is 48.3 Å². The number of thiophene rings is 1. The third-order valence-corrected chi connectivity index (χ3v) is 4.74. The molecule has 0 amide bonds. The molecule has 0 bridgehead atoms. The highest BCUT2D eigenvalue weighted by atomic mass is 79.9. The second-order valence-corrected chi connectivity index (χ2v) is 5.66. The summed E-state index contributed by atoms with van der Waals surface area (Å²) in [6.07, 6.45) is 0. The van der Waals surface area contributed by atoms with Crippen LogP contribution in [0.1, 0.15) is 5.56 Å². The lowest BCUT2D eigenvalue weighted by Crippen LogP contribution is -2.08. The van der Waals surface area contributed by atoms with Crippen molar-refractivity contribution in [1.82, 2.24) is 4.98 Å². The Labute approximate surface area is 117 Å². The summed E-state index contributed by atoms with van der Waals surface area (Å²) in [7, 11) is 0. The number of nitrogens with one attached hydrogen (secondary N) is 1. The Hall–Kier alpha value is -1.31. The number of H-pyrrole nitrogens is 1. The molecule has 7 heteroatoms. The van der Waals surface area contributed by atoms with E-state index in [2.05, 4.69) is 20.9 Å². The number of aliphatic hydroxyl groups excluding tert-OH is 1. The SMILES string of the molecule is O=c1[nH]c2c(F)c(F)c(CO)c(Br)c2c2ccsc12. The number of fused-ring (bicyclic) bond motifs is 3. The molecule has 0 saturated heterocycles. The standard InChI is InChI=1S/C12H6BrF2NO2S/c13-7-5(3-17)8(14)9(15)10-6(7)4-1-2-19-11(4)12(18)16-10/h1-2,17H,3H2,(H,16,18). The van der Waals surface area contributed by atoms with Gasteiger partial charge in [0, 0.05) is 20.8 Å². The molecule has 0 radical (unpaired) electrons. The fourth-order valence-corrected chi connectivity index (χ4v) is 3.58. The van der Waals surface area contributed by atoms with Crippen LogP contribution in [0.25, 0.3) is 21.0 Å². The molecule has 0 unspecified atom stereocenters. The van der Waals surface area contributed by atoms with E-state index in [-0.39, 0.29) is 15.6 Å². The molecule has 0 spiro atoms. The van der Waals surface area contributed by atoms with Crippen LogP contribution < -0.4 is 5.56 Å². The van der Waals surface area contributed by atoms with Gasteiger partial charge in [-0.2, -0.15) is 0 Å². The topological polar surface area (TPSA) is 53.1 Å². The second-order valence-electron chi connectivity index (χ2n) is 3.95. The highest BCUT2D eigenvalue weighted by Crippen LogP contribution is 2.36. The number of pyridine rings is 1. The summed E-state index contributed by atoms with van der Waals surface area (Å²) < 4.78 is 28.4. The molecule has 2 aromatic heterocycles. The number of rotatable bonds is 1. The molecule has 19 heavy (non-hydrogen) atoms. The van der Waals surface area contributed by atoms with Gasteiger partial charge >= 0.3 is 0 Å². The minimum absolute atomic E-state index is 0.162. The molecular formula is C12H6BrF2NO2S. The van der Waals surface area contributed by atoms with Gasteiger partial charge in [-0.1, -0.05) is 0 Å². The zero-order valence-electron chi connectivity index (χ0n) is 9.26. The molecule has 2 N–H and O–H groups in total. The van der Waals surface area contributed by atoms with Gasteiger partial charge in [-0.25, -0.2) is 8.78 Å². The van der Waals surface area contributed by atoms with Crippen LogP contribution >= 0.6 is 27.3 Å². The van der Waals surface area contributed by atoms with Crippen molar-refractivity contribution in [2.75, 3.05) is 0 Å². The lowest BCUT2D eigenvalue weighted by atomic mass is 10.1. The van der Waals surface area contributed by atoms with Crippen LogP contribution in [0.15, 0.2) is 20.7 Å². The Morgan fingerprint density at radius 2 is 2.11 bits per heavy atom. The summed E-state index contributed by atoms with van der Waals surface area (Å²) in [4.78, 5) is 14.1. The van der Waals surface area contributed by atoms with Gasteiger partial charge in [0.1, 0.15) is 4.70 Å². The van der Waals surface area contributed by atoms with Crippen LogP contribution in [0.5, 0.6) is 0 Å². The number of aromatic amines is 1. The molecule has 0 saturated carbocycles. The predicted molar refractivity (Wildman–Crippen MR) is 73.5 cm³/mol. The van der Waals surface area contributed by atoms with Gasteiger partial charge in [0.25, 0.3) is 5.56 Å². The first-order chi connectivity index (χ1) is 9.06. The molecule has 0 fully saturated rings. The van der Waals surface area contributed by atoms with Crippen molar-refractivity contribution in [3.63, 3.8) is 0 Å². The fraction of sp³-hybridized carbons (Fsp3) is 0.0833. The van der Waals surface area contributed by atoms with Gasteiger partial charge in [0.05, 0.1) is 12.1 Å². The lowest BCUT2D eigenvalue weighted by molar-refractivity contribution is 0.273. The first-order valence-corrected chi connectivity index (χ1v) is 6.93. The van der Waals surface area contributed by atoms with E-state index in [1.165, 1.54) is 11.3 Å². The quantitative estimate of drug-likeness (QED) is 0.665.